The largest absolute Gasteiger partial charge is 0.475 e. The molecule has 0 atom stereocenters. The summed E-state index contributed by atoms with van der Waals surface area (Å²) in [6.07, 6.45) is 3.38. The number of carbonyl (C=O) groups is 2. The maximum Gasteiger partial charge on any atom is 0.326 e. The van der Waals surface area contributed by atoms with E-state index in [1.807, 2.05) is 45.0 Å². The van der Waals surface area contributed by atoms with Crippen LogP contribution in [0.3, 0.4) is 0 Å². The van der Waals surface area contributed by atoms with E-state index in [0.717, 1.165) is 22.3 Å². The molecule has 0 saturated heterocycles. The second-order valence-electron chi connectivity index (χ2n) is 8.40. The Hall–Kier alpha value is -3.39. The van der Waals surface area contributed by atoms with Crippen LogP contribution in [0.15, 0.2) is 42.7 Å². The van der Waals surface area contributed by atoms with Crippen LogP contribution >= 0.6 is 0 Å². The lowest BCUT2D eigenvalue weighted by atomic mass is 10.1. The van der Waals surface area contributed by atoms with Gasteiger partial charge < -0.3 is 24.1 Å². The van der Waals surface area contributed by atoms with Crippen LogP contribution in [0.4, 0.5) is 11.4 Å². The van der Waals surface area contributed by atoms with Crippen molar-refractivity contribution in [2.75, 3.05) is 25.6 Å². The molecule has 32 heavy (non-hydrogen) atoms. The third-order valence-corrected chi connectivity index (χ3v) is 4.54. The van der Waals surface area contributed by atoms with Crippen molar-refractivity contribution in [1.82, 2.24) is 9.55 Å². The van der Waals surface area contributed by atoms with Gasteiger partial charge in [0.1, 0.15) is 18.8 Å². The summed E-state index contributed by atoms with van der Waals surface area (Å²) in [5.41, 5.74) is 2.34. The second-order valence-corrected chi connectivity index (χ2v) is 8.40. The molecule has 0 radical (unpaired) electrons. The number of ether oxygens (including phenoxy) is 3. The monoisotopic (exact) mass is 439 g/mol. The molecule has 0 unspecified atom stereocenters. The lowest BCUT2D eigenvalue weighted by molar-refractivity contribution is -0.155. The lowest BCUT2D eigenvalue weighted by Gasteiger charge is -2.19. The highest BCUT2D eigenvalue weighted by Gasteiger charge is 2.19. The molecule has 3 rings (SSSR count). The van der Waals surface area contributed by atoms with Gasteiger partial charge in [-0.1, -0.05) is 0 Å². The van der Waals surface area contributed by atoms with Crippen LogP contribution in [0.2, 0.25) is 0 Å². The lowest BCUT2D eigenvalue weighted by Crippen LogP contribution is -2.26. The highest BCUT2D eigenvalue weighted by atomic mass is 16.6. The number of fused-ring (bicyclic) bond motifs is 1. The Labute approximate surface area is 187 Å². The molecule has 1 aromatic carbocycles. The Bertz CT molecular complexity index is 1100. The number of nitrogens with one attached hydrogen (secondary N) is 1. The molecule has 0 fully saturated rings. The zero-order valence-corrected chi connectivity index (χ0v) is 19.1. The number of rotatable bonds is 9. The predicted octanol–water partition coefficient (Wildman–Crippen LogP) is 4.35. The van der Waals surface area contributed by atoms with Crippen molar-refractivity contribution in [2.24, 2.45) is 0 Å². The van der Waals surface area contributed by atoms with Gasteiger partial charge in [-0.2, -0.15) is 0 Å². The number of hydrogen-bond donors (Lipinski definition) is 1. The van der Waals surface area contributed by atoms with Gasteiger partial charge in [0, 0.05) is 41.5 Å². The number of benzene rings is 1. The van der Waals surface area contributed by atoms with E-state index in [9.17, 15) is 9.59 Å². The SMILES string of the molecule is COCCOc1ccc(Nc2ccc3c(c2)c(C(C)=O)cn3CC(=O)OC(C)(C)C)cn1. The van der Waals surface area contributed by atoms with Gasteiger partial charge in [-0.25, -0.2) is 4.98 Å². The number of ketones is 1. The Morgan fingerprint density at radius 1 is 1.09 bits per heavy atom. The molecule has 1 N–H and O–H groups in total. The summed E-state index contributed by atoms with van der Waals surface area (Å²) in [6.45, 7) is 7.94. The van der Waals surface area contributed by atoms with Crippen LogP contribution in [0.5, 0.6) is 5.88 Å². The molecule has 0 saturated carbocycles. The van der Waals surface area contributed by atoms with Gasteiger partial charge in [-0.05, 0) is 52.0 Å². The number of Topliss-reactive ketones (excluding diaryl/α,β-unsaturated/α-hetero) is 1. The topological polar surface area (TPSA) is 91.7 Å². The molecule has 0 amide bonds. The van der Waals surface area contributed by atoms with Crippen molar-refractivity contribution in [3.8, 4) is 5.88 Å². The number of esters is 1. The molecule has 3 aromatic rings. The standard InChI is InChI=1S/C24H29N3O5/c1-16(28)20-14-27(15-23(29)32-24(2,3)4)21-8-6-17(12-19(20)21)26-18-7-9-22(25-13-18)31-11-10-30-5/h6-9,12-14,26H,10-11,15H2,1-5H3. The summed E-state index contributed by atoms with van der Waals surface area (Å²) < 4.78 is 17.6. The maximum atomic E-state index is 12.3. The molecule has 2 aromatic heterocycles. The van der Waals surface area contributed by atoms with Crippen molar-refractivity contribution in [2.45, 2.75) is 39.8 Å². The second kappa shape index (κ2) is 9.82. The first-order chi connectivity index (χ1) is 15.2. The van der Waals surface area contributed by atoms with E-state index in [1.54, 1.807) is 30.1 Å². The fourth-order valence-electron chi connectivity index (χ4n) is 3.23. The fraction of sp³-hybridized carbons (Fsp3) is 0.375. The number of nitrogens with zero attached hydrogens (tertiary/aromatic N) is 2. The number of aromatic nitrogens is 2. The smallest absolute Gasteiger partial charge is 0.326 e. The van der Waals surface area contributed by atoms with Gasteiger partial charge in [0.15, 0.2) is 5.78 Å². The van der Waals surface area contributed by atoms with Gasteiger partial charge in [-0.15, -0.1) is 0 Å². The Morgan fingerprint density at radius 2 is 1.84 bits per heavy atom. The highest BCUT2D eigenvalue weighted by molar-refractivity contribution is 6.08. The summed E-state index contributed by atoms with van der Waals surface area (Å²) in [6, 6.07) is 9.29. The van der Waals surface area contributed by atoms with Gasteiger partial charge in [0.2, 0.25) is 5.88 Å². The van der Waals surface area contributed by atoms with Crippen molar-refractivity contribution >= 4 is 34.0 Å². The molecule has 8 heteroatoms. The van der Waals surface area contributed by atoms with Gasteiger partial charge in [-0.3, -0.25) is 9.59 Å². The first-order valence-electron chi connectivity index (χ1n) is 10.4. The maximum absolute atomic E-state index is 12.3. The molecular formula is C24H29N3O5. The van der Waals surface area contributed by atoms with E-state index in [1.165, 1.54) is 6.92 Å². The highest BCUT2D eigenvalue weighted by Crippen LogP contribution is 2.28. The molecule has 0 aliphatic carbocycles. The molecule has 170 valence electrons. The van der Waals surface area contributed by atoms with Crippen molar-refractivity contribution in [1.29, 1.82) is 0 Å². The van der Waals surface area contributed by atoms with Crippen LogP contribution < -0.4 is 10.1 Å². The quantitative estimate of drug-likeness (QED) is 0.301. The van der Waals surface area contributed by atoms with E-state index in [2.05, 4.69) is 10.3 Å². The molecule has 0 aliphatic heterocycles. The molecule has 0 spiro atoms. The zero-order chi connectivity index (χ0) is 23.3. The van der Waals surface area contributed by atoms with E-state index in [-0.39, 0.29) is 18.3 Å². The summed E-state index contributed by atoms with van der Waals surface area (Å²) in [5.74, 6) is 0.0843. The summed E-state index contributed by atoms with van der Waals surface area (Å²) in [4.78, 5) is 28.8. The molecule has 8 nitrogen and oxygen atoms in total. The average molecular weight is 440 g/mol. The van der Waals surface area contributed by atoms with Crippen LogP contribution in [0, 0.1) is 0 Å². The normalized spacial score (nSPS) is 11.4. The third kappa shape index (κ3) is 6.07. The third-order valence-electron chi connectivity index (χ3n) is 4.54. The molecule has 0 bridgehead atoms. The zero-order valence-electron chi connectivity index (χ0n) is 19.1. The van der Waals surface area contributed by atoms with E-state index >= 15 is 0 Å². The van der Waals surface area contributed by atoms with Crippen molar-refractivity contribution in [3.05, 3.63) is 48.3 Å². The van der Waals surface area contributed by atoms with Crippen LogP contribution in [0.1, 0.15) is 38.1 Å². The summed E-state index contributed by atoms with van der Waals surface area (Å²) in [7, 11) is 1.61. The average Bonchev–Trinajstić information content (AvgIpc) is 3.06. The Kier molecular flexibility index (Phi) is 7.15. The van der Waals surface area contributed by atoms with Gasteiger partial charge >= 0.3 is 5.97 Å². The first-order valence-corrected chi connectivity index (χ1v) is 10.4. The van der Waals surface area contributed by atoms with Gasteiger partial charge in [0.05, 0.1) is 18.5 Å². The number of anilines is 2. The fourth-order valence-corrected chi connectivity index (χ4v) is 3.23. The Morgan fingerprint density at radius 3 is 2.47 bits per heavy atom. The Balaban J connectivity index is 1.81. The first kappa shape index (κ1) is 23.3. The number of hydrogen-bond acceptors (Lipinski definition) is 7. The number of carbonyl (C=O) groups excluding carboxylic acids is 2. The predicted molar refractivity (Wildman–Crippen MR) is 123 cm³/mol. The van der Waals surface area contributed by atoms with E-state index in [0.29, 0.717) is 24.7 Å². The molecule has 0 aliphatic rings. The number of pyridine rings is 1. The van der Waals surface area contributed by atoms with Gasteiger partial charge in [0.25, 0.3) is 0 Å². The van der Waals surface area contributed by atoms with Crippen LogP contribution in [0.25, 0.3) is 10.9 Å². The minimum Gasteiger partial charge on any atom is -0.475 e. The van der Waals surface area contributed by atoms with Crippen molar-refractivity contribution in [3.63, 3.8) is 0 Å². The summed E-state index contributed by atoms with van der Waals surface area (Å²) in [5, 5.41) is 4.05. The molecule has 2 heterocycles. The van der Waals surface area contributed by atoms with Crippen LogP contribution in [-0.4, -0.2) is 47.2 Å². The number of methoxy groups -OCH3 is 1. The van der Waals surface area contributed by atoms with Crippen LogP contribution in [-0.2, 0) is 20.8 Å². The van der Waals surface area contributed by atoms with E-state index < -0.39 is 5.60 Å². The summed E-state index contributed by atoms with van der Waals surface area (Å²) >= 11 is 0. The van der Waals surface area contributed by atoms with E-state index in [4.69, 9.17) is 14.2 Å². The minimum absolute atomic E-state index is 0.0300. The molecular weight excluding hydrogens is 410 g/mol. The van der Waals surface area contributed by atoms with Crippen molar-refractivity contribution < 1.29 is 23.8 Å². The minimum atomic E-state index is -0.570.